The van der Waals surface area contributed by atoms with E-state index in [1.54, 1.807) is 0 Å². The molecular formula is C46H26N4O3. The fraction of sp³-hybridized carbons (Fsp3) is 0. The van der Waals surface area contributed by atoms with E-state index in [4.69, 9.17) is 33.2 Å². The second-order valence-electron chi connectivity index (χ2n) is 13.0. The number of para-hydroxylation sites is 1. The van der Waals surface area contributed by atoms with Crippen LogP contribution < -0.4 is 0 Å². The highest BCUT2D eigenvalue weighted by Gasteiger charge is 2.19. The standard InChI is InChI=1S/C46H26N4O3/c1-3-10-27(11-4-1)43-48-44(28-12-5-2-6-13-28)50-45(49-43)33-15-9-17-40-42(33)35-24-29(19-22-39(35)52-40)30-18-21-36-41(26-30)53-46(47-36)31-20-23-38-34(25-31)32-14-7-8-16-37(32)51-38/h1-26H. The minimum Gasteiger partial charge on any atom is -0.456 e. The van der Waals surface area contributed by atoms with E-state index >= 15 is 0 Å². The molecule has 0 amide bonds. The highest BCUT2D eigenvalue weighted by molar-refractivity contribution is 6.13. The first-order chi connectivity index (χ1) is 26.2. The normalized spacial score (nSPS) is 11.8. The van der Waals surface area contributed by atoms with Gasteiger partial charge in [-0.15, -0.1) is 0 Å². The molecule has 4 heterocycles. The molecule has 0 radical (unpaired) electrons. The predicted octanol–water partition coefficient (Wildman–Crippen LogP) is 12.1. The minimum absolute atomic E-state index is 0.562. The van der Waals surface area contributed by atoms with Crippen molar-refractivity contribution in [3.8, 4) is 56.7 Å². The molecule has 7 aromatic carbocycles. The molecule has 53 heavy (non-hydrogen) atoms. The summed E-state index contributed by atoms with van der Waals surface area (Å²) < 4.78 is 18.8. The molecule has 11 rings (SSSR count). The van der Waals surface area contributed by atoms with Gasteiger partial charge in [0.25, 0.3) is 0 Å². The Morgan fingerprint density at radius 2 is 0.906 bits per heavy atom. The summed E-state index contributed by atoms with van der Waals surface area (Å²) in [6.45, 7) is 0. The number of aromatic nitrogens is 4. The van der Waals surface area contributed by atoms with Crippen molar-refractivity contribution in [3.05, 3.63) is 158 Å². The number of nitrogens with zero attached hydrogens (tertiary/aromatic N) is 4. The molecule has 7 heteroatoms. The summed E-state index contributed by atoms with van der Waals surface area (Å²) in [6, 6.07) is 52.5. The van der Waals surface area contributed by atoms with Gasteiger partial charge in [0, 0.05) is 43.8 Å². The third kappa shape index (κ3) is 4.90. The van der Waals surface area contributed by atoms with Crippen molar-refractivity contribution < 1.29 is 13.3 Å². The lowest BCUT2D eigenvalue weighted by Gasteiger charge is -2.09. The Hall–Kier alpha value is -7.38. The molecule has 7 nitrogen and oxygen atoms in total. The van der Waals surface area contributed by atoms with Crippen LogP contribution >= 0.6 is 0 Å². The molecule has 0 fully saturated rings. The van der Waals surface area contributed by atoms with Crippen LogP contribution in [0.25, 0.3) is 112 Å². The van der Waals surface area contributed by atoms with Crippen molar-refractivity contribution in [2.24, 2.45) is 0 Å². The molecular weight excluding hydrogens is 657 g/mol. The summed E-state index contributed by atoms with van der Waals surface area (Å²) in [5.41, 5.74) is 10.4. The van der Waals surface area contributed by atoms with Crippen LogP contribution in [0, 0.1) is 0 Å². The lowest BCUT2D eigenvalue weighted by atomic mass is 10.0. The molecule has 0 aliphatic carbocycles. The van der Waals surface area contributed by atoms with Crippen molar-refractivity contribution in [1.82, 2.24) is 19.9 Å². The van der Waals surface area contributed by atoms with Crippen LogP contribution in [-0.2, 0) is 0 Å². The number of hydrogen-bond donors (Lipinski definition) is 0. The zero-order chi connectivity index (χ0) is 34.9. The Bertz CT molecular complexity index is 3120. The van der Waals surface area contributed by atoms with Crippen molar-refractivity contribution in [2.75, 3.05) is 0 Å². The topological polar surface area (TPSA) is 91.0 Å². The maximum atomic E-state index is 6.40. The number of benzene rings is 7. The molecule has 0 N–H and O–H groups in total. The molecule has 0 atom stereocenters. The number of fused-ring (bicyclic) bond motifs is 7. The van der Waals surface area contributed by atoms with Crippen LogP contribution in [0.15, 0.2) is 171 Å². The van der Waals surface area contributed by atoms with E-state index in [-0.39, 0.29) is 0 Å². The quantitative estimate of drug-likeness (QED) is 0.178. The van der Waals surface area contributed by atoms with Crippen LogP contribution in [0.1, 0.15) is 0 Å². The van der Waals surface area contributed by atoms with Crippen molar-refractivity contribution in [3.63, 3.8) is 0 Å². The Labute approximate surface area is 301 Å². The molecule has 0 aliphatic rings. The largest absolute Gasteiger partial charge is 0.456 e. The van der Waals surface area contributed by atoms with Crippen LogP contribution in [0.2, 0.25) is 0 Å². The zero-order valence-corrected chi connectivity index (χ0v) is 28.0. The number of hydrogen-bond acceptors (Lipinski definition) is 7. The van der Waals surface area contributed by atoms with Gasteiger partial charge in [0.1, 0.15) is 27.8 Å². The Balaban J connectivity index is 1.02. The van der Waals surface area contributed by atoms with Crippen LogP contribution in [0.5, 0.6) is 0 Å². The predicted molar refractivity (Wildman–Crippen MR) is 209 cm³/mol. The summed E-state index contributed by atoms with van der Waals surface area (Å²) in [5, 5.41) is 4.01. The Kier molecular flexibility index (Phi) is 6.42. The van der Waals surface area contributed by atoms with E-state index in [0.717, 1.165) is 82.8 Å². The van der Waals surface area contributed by atoms with Gasteiger partial charge in [0.15, 0.2) is 23.1 Å². The van der Waals surface area contributed by atoms with Gasteiger partial charge in [0.2, 0.25) is 5.89 Å². The fourth-order valence-corrected chi connectivity index (χ4v) is 7.21. The summed E-state index contributed by atoms with van der Waals surface area (Å²) in [7, 11) is 0. The van der Waals surface area contributed by atoms with Gasteiger partial charge < -0.3 is 13.3 Å². The third-order valence-corrected chi connectivity index (χ3v) is 9.78. The average Bonchev–Trinajstić information content (AvgIpc) is 3.94. The van der Waals surface area contributed by atoms with Gasteiger partial charge >= 0.3 is 0 Å². The summed E-state index contributed by atoms with van der Waals surface area (Å²) >= 11 is 0. The molecule has 11 aromatic rings. The Morgan fingerprint density at radius 1 is 0.321 bits per heavy atom. The fourth-order valence-electron chi connectivity index (χ4n) is 7.21. The zero-order valence-electron chi connectivity index (χ0n) is 28.0. The van der Waals surface area contributed by atoms with E-state index in [1.165, 1.54) is 0 Å². The van der Waals surface area contributed by atoms with E-state index in [0.29, 0.717) is 28.9 Å². The lowest BCUT2D eigenvalue weighted by molar-refractivity contribution is 0.620. The first-order valence-corrected chi connectivity index (χ1v) is 17.4. The van der Waals surface area contributed by atoms with Gasteiger partial charge in [-0.2, -0.15) is 0 Å². The highest BCUT2D eigenvalue weighted by Crippen LogP contribution is 2.39. The monoisotopic (exact) mass is 682 g/mol. The average molecular weight is 683 g/mol. The maximum absolute atomic E-state index is 6.40. The molecule has 0 bridgehead atoms. The molecule has 0 aliphatic heterocycles. The lowest BCUT2D eigenvalue weighted by Crippen LogP contribution is -2.00. The van der Waals surface area contributed by atoms with E-state index in [9.17, 15) is 0 Å². The van der Waals surface area contributed by atoms with Gasteiger partial charge in [-0.1, -0.05) is 103 Å². The number of furan rings is 2. The SMILES string of the molecule is c1ccc(-c2nc(-c3ccccc3)nc(-c3cccc4oc5ccc(-c6ccc7nc(-c8ccc9oc%10ccccc%10c9c8)oc7c6)cc5c34)n2)cc1. The highest BCUT2D eigenvalue weighted by atomic mass is 16.3. The smallest absolute Gasteiger partial charge is 0.227 e. The maximum Gasteiger partial charge on any atom is 0.227 e. The van der Waals surface area contributed by atoms with Gasteiger partial charge in [-0.05, 0) is 65.7 Å². The van der Waals surface area contributed by atoms with Crippen molar-refractivity contribution in [1.29, 1.82) is 0 Å². The molecule has 248 valence electrons. The third-order valence-electron chi connectivity index (χ3n) is 9.78. The van der Waals surface area contributed by atoms with E-state index in [2.05, 4.69) is 36.4 Å². The molecule has 0 spiro atoms. The summed E-state index contributed by atoms with van der Waals surface area (Å²) in [4.78, 5) is 19.8. The minimum atomic E-state index is 0.562. The van der Waals surface area contributed by atoms with E-state index in [1.807, 2.05) is 121 Å². The molecule has 0 unspecified atom stereocenters. The van der Waals surface area contributed by atoms with Gasteiger partial charge in [-0.3, -0.25) is 0 Å². The van der Waals surface area contributed by atoms with Crippen LogP contribution in [-0.4, -0.2) is 19.9 Å². The van der Waals surface area contributed by atoms with Gasteiger partial charge in [-0.25, -0.2) is 19.9 Å². The second-order valence-corrected chi connectivity index (χ2v) is 13.0. The van der Waals surface area contributed by atoms with Crippen LogP contribution in [0.4, 0.5) is 0 Å². The second kappa shape index (κ2) is 11.6. The number of oxazole rings is 1. The first kappa shape index (κ1) is 29.4. The first-order valence-electron chi connectivity index (χ1n) is 17.4. The summed E-state index contributed by atoms with van der Waals surface area (Å²) in [6.07, 6.45) is 0. The van der Waals surface area contributed by atoms with Gasteiger partial charge in [0.05, 0.1) is 0 Å². The molecule has 0 saturated carbocycles. The van der Waals surface area contributed by atoms with Crippen molar-refractivity contribution in [2.45, 2.75) is 0 Å². The number of rotatable bonds is 5. The van der Waals surface area contributed by atoms with Crippen molar-refractivity contribution >= 4 is 55.0 Å². The van der Waals surface area contributed by atoms with Crippen LogP contribution in [0.3, 0.4) is 0 Å². The summed E-state index contributed by atoms with van der Waals surface area (Å²) in [5.74, 6) is 2.36. The molecule has 4 aromatic heterocycles. The molecule has 0 saturated heterocycles. The Morgan fingerprint density at radius 3 is 1.70 bits per heavy atom. The van der Waals surface area contributed by atoms with E-state index < -0.39 is 0 Å².